The van der Waals surface area contributed by atoms with Crippen LogP contribution in [0.15, 0.2) is 30.5 Å². The number of aliphatic carboxylic acids is 1. The molecule has 202 valence electrons. The molecule has 5 unspecified atom stereocenters. The second-order valence-electron chi connectivity index (χ2n) is 8.55. The van der Waals surface area contributed by atoms with Gasteiger partial charge in [-0.1, -0.05) is 18.2 Å². The lowest BCUT2D eigenvalue weighted by molar-refractivity contribution is -0.142. The second kappa shape index (κ2) is 13.6. The summed E-state index contributed by atoms with van der Waals surface area (Å²) in [5.74, 6) is -4.86. The molecule has 2 aromatic rings. The second-order valence-corrected chi connectivity index (χ2v) is 8.91. The van der Waals surface area contributed by atoms with E-state index in [1.165, 1.54) is 6.92 Å². The fraction of sp³-hybridized carbons (Fsp3) is 0.435. The molecule has 0 fully saturated rings. The number of carbonyl (C=O) groups is 5. The Hall–Kier alpha value is -3.62. The molecule has 0 spiro atoms. The van der Waals surface area contributed by atoms with Crippen molar-refractivity contribution < 1.29 is 34.2 Å². The molecular formula is C23H32N6O7S. The molecule has 4 amide bonds. The van der Waals surface area contributed by atoms with Gasteiger partial charge in [0, 0.05) is 29.3 Å². The van der Waals surface area contributed by atoms with Crippen LogP contribution in [0.1, 0.15) is 25.3 Å². The number of aliphatic hydroxyl groups is 1. The minimum absolute atomic E-state index is 0.152. The fourth-order valence-corrected chi connectivity index (χ4v) is 3.82. The summed E-state index contributed by atoms with van der Waals surface area (Å²) in [7, 11) is 0. The van der Waals surface area contributed by atoms with Crippen molar-refractivity contribution in [2.24, 2.45) is 11.5 Å². The SMILES string of the molecule is CC(O)C(NC(=O)C(CCC(N)=O)NC(=O)C(N)Cc1c[nH]c2ccccc12)C(=O)NC(CS)C(=O)O. The number of carbonyl (C=O) groups excluding carboxylic acids is 4. The highest BCUT2D eigenvalue weighted by Crippen LogP contribution is 2.18. The minimum Gasteiger partial charge on any atom is -0.480 e. The summed E-state index contributed by atoms with van der Waals surface area (Å²) in [6.45, 7) is 1.22. The third-order valence-corrected chi connectivity index (χ3v) is 5.99. The van der Waals surface area contributed by atoms with Crippen LogP contribution in [-0.4, -0.2) is 80.8 Å². The monoisotopic (exact) mass is 536 g/mol. The Bertz CT molecular complexity index is 1140. The van der Waals surface area contributed by atoms with E-state index in [1.54, 1.807) is 6.20 Å². The average molecular weight is 537 g/mol. The summed E-state index contributed by atoms with van der Waals surface area (Å²) in [5, 5.41) is 27.0. The Labute approximate surface area is 218 Å². The molecule has 14 heteroatoms. The summed E-state index contributed by atoms with van der Waals surface area (Å²) >= 11 is 3.86. The van der Waals surface area contributed by atoms with Gasteiger partial charge in [0.2, 0.25) is 23.6 Å². The van der Waals surface area contributed by atoms with Crippen molar-refractivity contribution in [3.05, 3.63) is 36.0 Å². The van der Waals surface area contributed by atoms with Gasteiger partial charge in [0.15, 0.2) is 0 Å². The lowest BCUT2D eigenvalue weighted by Crippen LogP contribution is -2.60. The first kappa shape index (κ1) is 29.6. The fourth-order valence-electron chi connectivity index (χ4n) is 3.57. The van der Waals surface area contributed by atoms with Gasteiger partial charge in [-0.2, -0.15) is 12.6 Å². The number of primary amides is 1. The van der Waals surface area contributed by atoms with Gasteiger partial charge < -0.3 is 42.6 Å². The lowest BCUT2D eigenvalue weighted by atomic mass is 10.0. The number of thiol groups is 1. The zero-order chi connectivity index (χ0) is 27.7. The van der Waals surface area contributed by atoms with E-state index in [0.717, 1.165) is 16.5 Å². The number of aromatic amines is 1. The van der Waals surface area contributed by atoms with Crippen molar-refractivity contribution in [1.29, 1.82) is 0 Å². The molecule has 1 aromatic heterocycles. The first-order valence-corrected chi connectivity index (χ1v) is 12.1. The molecule has 1 aromatic carbocycles. The zero-order valence-electron chi connectivity index (χ0n) is 20.1. The number of fused-ring (bicyclic) bond motifs is 1. The molecule has 0 saturated carbocycles. The van der Waals surface area contributed by atoms with E-state index in [9.17, 15) is 29.1 Å². The van der Waals surface area contributed by atoms with Gasteiger partial charge in [-0.25, -0.2) is 4.79 Å². The van der Waals surface area contributed by atoms with Gasteiger partial charge in [0.05, 0.1) is 12.1 Å². The van der Waals surface area contributed by atoms with E-state index < -0.39 is 59.9 Å². The third kappa shape index (κ3) is 8.48. The lowest BCUT2D eigenvalue weighted by Gasteiger charge is -2.26. The maximum atomic E-state index is 13.0. The largest absolute Gasteiger partial charge is 0.480 e. The molecule has 1 heterocycles. The van der Waals surface area contributed by atoms with Gasteiger partial charge in [0.25, 0.3) is 0 Å². The highest BCUT2D eigenvalue weighted by atomic mass is 32.1. The van der Waals surface area contributed by atoms with Gasteiger partial charge in [0.1, 0.15) is 18.1 Å². The summed E-state index contributed by atoms with van der Waals surface area (Å²) in [4.78, 5) is 63.9. The molecule has 0 saturated heterocycles. The molecule has 0 aliphatic rings. The van der Waals surface area contributed by atoms with Crippen molar-refractivity contribution >= 4 is 53.1 Å². The number of aliphatic hydroxyl groups excluding tert-OH is 1. The highest BCUT2D eigenvalue weighted by Gasteiger charge is 2.32. The Kier molecular flexibility index (Phi) is 10.9. The molecule has 2 rings (SSSR count). The van der Waals surface area contributed by atoms with Crippen molar-refractivity contribution in [1.82, 2.24) is 20.9 Å². The molecular weight excluding hydrogens is 504 g/mol. The van der Waals surface area contributed by atoms with E-state index in [0.29, 0.717) is 0 Å². The van der Waals surface area contributed by atoms with Crippen LogP contribution < -0.4 is 27.4 Å². The third-order valence-electron chi connectivity index (χ3n) is 5.62. The molecule has 37 heavy (non-hydrogen) atoms. The predicted octanol–water partition coefficient (Wildman–Crippen LogP) is -1.85. The van der Waals surface area contributed by atoms with Crippen LogP contribution in [0, 0.1) is 0 Å². The summed E-state index contributed by atoms with van der Waals surface area (Å²) in [6.07, 6.45) is 0.00200. The number of carboxylic acids is 1. The number of para-hydroxylation sites is 1. The molecule has 5 atom stereocenters. The van der Waals surface area contributed by atoms with Gasteiger partial charge in [-0.3, -0.25) is 19.2 Å². The molecule has 10 N–H and O–H groups in total. The average Bonchev–Trinajstić information content (AvgIpc) is 3.25. The number of H-pyrrole nitrogens is 1. The van der Waals surface area contributed by atoms with E-state index in [4.69, 9.17) is 16.6 Å². The predicted molar refractivity (Wildman–Crippen MR) is 137 cm³/mol. The highest BCUT2D eigenvalue weighted by molar-refractivity contribution is 7.80. The van der Waals surface area contributed by atoms with Crippen LogP contribution in [-0.2, 0) is 30.4 Å². The Morgan fingerprint density at radius 1 is 1.03 bits per heavy atom. The van der Waals surface area contributed by atoms with Crippen LogP contribution in [0.3, 0.4) is 0 Å². The zero-order valence-corrected chi connectivity index (χ0v) is 21.0. The minimum atomic E-state index is -1.55. The maximum absolute atomic E-state index is 13.0. The van der Waals surface area contributed by atoms with E-state index in [-0.39, 0.29) is 25.0 Å². The summed E-state index contributed by atoms with van der Waals surface area (Å²) < 4.78 is 0. The normalized spacial score (nSPS) is 15.1. The molecule has 0 aliphatic carbocycles. The van der Waals surface area contributed by atoms with Crippen LogP contribution in [0.5, 0.6) is 0 Å². The number of rotatable bonds is 14. The first-order chi connectivity index (χ1) is 17.4. The van der Waals surface area contributed by atoms with E-state index in [1.807, 2.05) is 24.3 Å². The van der Waals surface area contributed by atoms with Crippen molar-refractivity contribution in [2.45, 2.75) is 56.5 Å². The number of nitrogens with one attached hydrogen (secondary N) is 4. The molecule has 0 bridgehead atoms. The number of nitrogens with two attached hydrogens (primary N) is 2. The van der Waals surface area contributed by atoms with Crippen LogP contribution in [0.4, 0.5) is 0 Å². The van der Waals surface area contributed by atoms with E-state index >= 15 is 0 Å². The van der Waals surface area contributed by atoms with Gasteiger partial charge >= 0.3 is 5.97 Å². The number of benzene rings is 1. The smallest absolute Gasteiger partial charge is 0.327 e. The van der Waals surface area contributed by atoms with E-state index in [2.05, 4.69) is 33.6 Å². The molecule has 13 nitrogen and oxygen atoms in total. The number of hydrogen-bond acceptors (Lipinski definition) is 8. The number of carboxylic acid groups (broad SMARTS) is 1. The van der Waals surface area contributed by atoms with Crippen molar-refractivity contribution in [2.75, 3.05) is 5.75 Å². The summed E-state index contributed by atoms with van der Waals surface area (Å²) in [5.41, 5.74) is 12.9. The summed E-state index contributed by atoms with van der Waals surface area (Å²) in [6, 6.07) is 2.17. The molecule has 0 aliphatic heterocycles. The van der Waals surface area contributed by atoms with Crippen LogP contribution in [0.25, 0.3) is 10.9 Å². The van der Waals surface area contributed by atoms with Crippen molar-refractivity contribution in [3.8, 4) is 0 Å². The Balaban J connectivity index is 2.12. The van der Waals surface area contributed by atoms with Crippen LogP contribution in [0.2, 0.25) is 0 Å². The van der Waals surface area contributed by atoms with Gasteiger partial charge in [-0.05, 0) is 31.4 Å². The van der Waals surface area contributed by atoms with Crippen LogP contribution >= 0.6 is 12.6 Å². The number of aromatic nitrogens is 1. The maximum Gasteiger partial charge on any atom is 0.327 e. The Morgan fingerprint density at radius 2 is 1.68 bits per heavy atom. The quantitative estimate of drug-likeness (QED) is 0.124. The standard InChI is InChI=1S/C23H32N6O7S/c1-11(30)19(22(34)28-17(10-37)23(35)36)29-21(33)16(6-7-18(25)31)27-20(32)14(24)8-12-9-26-15-5-3-2-4-13(12)15/h2-5,9,11,14,16-17,19,26,30,37H,6-8,10,24H2,1H3,(H2,25,31)(H,27,32)(H,28,34)(H,29,33)(H,35,36). The molecule has 0 radical (unpaired) electrons. The Morgan fingerprint density at radius 3 is 2.27 bits per heavy atom. The number of hydrogen-bond donors (Lipinski definition) is 9. The topological polar surface area (TPSA) is 230 Å². The first-order valence-electron chi connectivity index (χ1n) is 11.5. The van der Waals surface area contributed by atoms with Gasteiger partial charge in [-0.15, -0.1) is 0 Å². The van der Waals surface area contributed by atoms with Crippen molar-refractivity contribution in [3.63, 3.8) is 0 Å². The number of amides is 4.